The second-order valence-corrected chi connectivity index (χ2v) is 5.30. The van der Waals surface area contributed by atoms with Gasteiger partial charge in [-0.25, -0.2) is 13.8 Å². The van der Waals surface area contributed by atoms with Crippen molar-refractivity contribution in [3.8, 4) is 0 Å². The Hall–Kier alpha value is -3.22. The number of nitrogens with zero attached hydrogens (tertiary/aromatic N) is 1. The summed E-state index contributed by atoms with van der Waals surface area (Å²) in [6, 6.07) is 11.1. The lowest BCUT2D eigenvalue weighted by atomic mass is 10.2. The molecule has 0 aliphatic carbocycles. The molecule has 6 nitrogen and oxygen atoms in total. The molecule has 1 unspecified atom stereocenters. The quantitative estimate of drug-likeness (QED) is 0.772. The maximum atomic E-state index is 13.6. The first-order valence-corrected chi connectivity index (χ1v) is 7.28. The molecule has 1 amide bonds. The minimum Gasteiger partial charge on any atom is -0.322 e. The molecule has 2 aromatic carbocycles. The highest BCUT2D eigenvalue weighted by molar-refractivity contribution is 5.93. The number of aromatic amines is 1. The smallest absolute Gasteiger partial charge is 0.322 e. The van der Waals surface area contributed by atoms with E-state index in [9.17, 15) is 18.8 Å². The van der Waals surface area contributed by atoms with Crippen LogP contribution in [0.5, 0.6) is 0 Å². The van der Waals surface area contributed by atoms with Crippen LogP contribution in [0.2, 0.25) is 0 Å². The average Bonchev–Trinajstić information content (AvgIpc) is 2.56. The fourth-order valence-electron chi connectivity index (χ4n) is 2.44. The number of benzene rings is 2. The van der Waals surface area contributed by atoms with Crippen molar-refractivity contribution in [2.24, 2.45) is 0 Å². The summed E-state index contributed by atoms with van der Waals surface area (Å²) >= 11 is 0. The molecule has 7 heteroatoms. The normalized spacial score (nSPS) is 12.1. The predicted molar refractivity (Wildman–Crippen MR) is 88.6 cm³/mol. The van der Waals surface area contributed by atoms with Gasteiger partial charge in [0.15, 0.2) is 0 Å². The summed E-state index contributed by atoms with van der Waals surface area (Å²) in [5.74, 6) is -1.26. The lowest BCUT2D eigenvalue weighted by Gasteiger charge is -2.15. The molecule has 24 heavy (non-hydrogen) atoms. The lowest BCUT2D eigenvalue weighted by Crippen LogP contribution is -2.41. The van der Waals surface area contributed by atoms with Crippen LogP contribution in [0.4, 0.5) is 10.1 Å². The number of H-pyrrole nitrogens is 1. The first-order valence-electron chi connectivity index (χ1n) is 7.28. The summed E-state index contributed by atoms with van der Waals surface area (Å²) in [5, 5.41) is 2.68. The SMILES string of the molecule is CC(C(=O)Nc1ccccc1F)n1c(=O)[nH]c2ccccc2c1=O. The van der Waals surface area contributed by atoms with E-state index < -0.39 is 29.0 Å². The largest absolute Gasteiger partial charge is 0.329 e. The topological polar surface area (TPSA) is 84.0 Å². The third-order valence-corrected chi connectivity index (χ3v) is 3.74. The van der Waals surface area contributed by atoms with E-state index >= 15 is 0 Å². The van der Waals surface area contributed by atoms with Crippen LogP contribution in [0.3, 0.4) is 0 Å². The summed E-state index contributed by atoms with van der Waals surface area (Å²) in [6.45, 7) is 1.40. The Morgan fingerprint density at radius 2 is 1.79 bits per heavy atom. The zero-order chi connectivity index (χ0) is 17.3. The van der Waals surface area contributed by atoms with Crippen LogP contribution in [-0.4, -0.2) is 15.5 Å². The van der Waals surface area contributed by atoms with E-state index in [1.165, 1.54) is 25.1 Å². The van der Waals surface area contributed by atoms with Crippen molar-refractivity contribution in [2.45, 2.75) is 13.0 Å². The maximum absolute atomic E-state index is 13.6. The van der Waals surface area contributed by atoms with E-state index in [-0.39, 0.29) is 5.69 Å². The molecule has 2 N–H and O–H groups in total. The molecule has 1 atom stereocenters. The Labute approximate surface area is 135 Å². The predicted octanol–water partition coefficient (Wildman–Crippen LogP) is 2.03. The second kappa shape index (κ2) is 6.11. The minimum absolute atomic E-state index is 0.0142. The van der Waals surface area contributed by atoms with Crippen LogP contribution in [-0.2, 0) is 4.79 Å². The van der Waals surface area contributed by atoms with E-state index in [0.717, 1.165) is 4.57 Å². The van der Waals surface area contributed by atoms with Crippen molar-refractivity contribution in [3.05, 3.63) is 75.2 Å². The monoisotopic (exact) mass is 327 g/mol. The molecule has 0 aliphatic heterocycles. The third kappa shape index (κ3) is 2.71. The number of amides is 1. The Bertz CT molecular complexity index is 1040. The standard InChI is InChI=1S/C17H14FN3O3/c1-10(15(22)19-14-9-5-3-7-12(14)18)21-16(23)11-6-2-4-8-13(11)20-17(21)24/h2-10H,1H3,(H,19,22)(H,20,24). The van der Waals surface area contributed by atoms with Crippen molar-refractivity contribution >= 4 is 22.5 Å². The maximum Gasteiger partial charge on any atom is 0.329 e. The van der Waals surface area contributed by atoms with Gasteiger partial charge in [-0.1, -0.05) is 24.3 Å². The zero-order valence-electron chi connectivity index (χ0n) is 12.7. The van der Waals surface area contributed by atoms with Gasteiger partial charge in [0.05, 0.1) is 16.6 Å². The number of hydrogen-bond donors (Lipinski definition) is 2. The molecule has 0 bridgehead atoms. The number of carbonyl (C=O) groups excluding carboxylic acids is 1. The van der Waals surface area contributed by atoms with Crippen LogP contribution in [0, 0.1) is 5.82 Å². The second-order valence-electron chi connectivity index (χ2n) is 5.30. The summed E-state index contributed by atoms with van der Waals surface area (Å²) < 4.78 is 14.4. The third-order valence-electron chi connectivity index (χ3n) is 3.74. The van der Waals surface area contributed by atoms with Gasteiger partial charge in [-0.15, -0.1) is 0 Å². The summed E-state index contributed by atoms with van der Waals surface area (Å²) in [7, 11) is 0. The van der Waals surface area contributed by atoms with E-state index in [1.807, 2.05) is 0 Å². The number of fused-ring (bicyclic) bond motifs is 1. The number of nitrogens with one attached hydrogen (secondary N) is 2. The highest BCUT2D eigenvalue weighted by Gasteiger charge is 2.21. The van der Waals surface area contributed by atoms with Crippen LogP contribution in [0.1, 0.15) is 13.0 Å². The molecule has 0 radical (unpaired) electrons. The van der Waals surface area contributed by atoms with Crippen LogP contribution in [0.15, 0.2) is 58.1 Å². The average molecular weight is 327 g/mol. The number of rotatable bonds is 3. The Kier molecular flexibility index (Phi) is 3.99. The molecule has 0 fully saturated rings. The fraction of sp³-hybridized carbons (Fsp3) is 0.118. The summed E-state index contributed by atoms with van der Waals surface area (Å²) in [4.78, 5) is 39.6. The van der Waals surface area contributed by atoms with Gasteiger partial charge in [0.25, 0.3) is 5.56 Å². The van der Waals surface area contributed by atoms with Crippen LogP contribution in [0.25, 0.3) is 10.9 Å². The number of carbonyl (C=O) groups is 1. The van der Waals surface area contributed by atoms with Gasteiger partial charge in [0, 0.05) is 0 Å². The van der Waals surface area contributed by atoms with E-state index in [1.54, 1.807) is 30.3 Å². The molecule has 1 aromatic heterocycles. The van der Waals surface area contributed by atoms with Gasteiger partial charge in [-0.3, -0.25) is 9.59 Å². The molecule has 122 valence electrons. The summed E-state index contributed by atoms with van der Waals surface area (Å²) in [5.41, 5.74) is -0.898. The Morgan fingerprint density at radius 3 is 2.54 bits per heavy atom. The van der Waals surface area contributed by atoms with Gasteiger partial charge >= 0.3 is 5.69 Å². The van der Waals surface area contributed by atoms with Crippen molar-refractivity contribution in [3.63, 3.8) is 0 Å². The summed E-state index contributed by atoms with van der Waals surface area (Å²) in [6.07, 6.45) is 0. The molecule has 0 aliphatic rings. The molecular weight excluding hydrogens is 313 g/mol. The molecular formula is C17H14FN3O3. The molecule has 3 aromatic rings. The molecule has 1 heterocycles. The van der Waals surface area contributed by atoms with E-state index in [0.29, 0.717) is 10.9 Å². The highest BCUT2D eigenvalue weighted by atomic mass is 19.1. The van der Waals surface area contributed by atoms with Crippen LogP contribution < -0.4 is 16.6 Å². The van der Waals surface area contributed by atoms with Crippen LogP contribution >= 0.6 is 0 Å². The van der Waals surface area contributed by atoms with Gasteiger partial charge < -0.3 is 10.3 Å². The van der Waals surface area contributed by atoms with Gasteiger partial charge in [-0.05, 0) is 31.2 Å². The fourth-order valence-corrected chi connectivity index (χ4v) is 2.44. The molecule has 3 rings (SSSR count). The number of halogens is 1. The number of hydrogen-bond acceptors (Lipinski definition) is 3. The van der Waals surface area contributed by atoms with Crippen molar-refractivity contribution in [1.82, 2.24) is 9.55 Å². The molecule has 0 spiro atoms. The molecule has 0 saturated heterocycles. The highest BCUT2D eigenvalue weighted by Crippen LogP contribution is 2.14. The van der Waals surface area contributed by atoms with Gasteiger partial charge in [0.1, 0.15) is 11.9 Å². The van der Waals surface area contributed by atoms with Gasteiger partial charge in [-0.2, -0.15) is 0 Å². The number of aromatic nitrogens is 2. The Balaban J connectivity index is 2.01. The minimum atomic E-state index is -1.11. The lowest BCUT2D eigenvalue weighted by molar-refractivity contribution is -0.119. The van der Waals surface area contributed by atoms with Gasteiger partial charge in [0.2, 0.25) is 5.91 Å². The number of para-hydroxylation sites is 2. The first kappa shape index (κ1) is 15.7. The van der Waals surface area contributed by atoms with E-state index in [2.05, 4.69) is 10.3 Å². The zero-order valence-corrected chi connectivity index (χ0v) is 12.7. The van der Waals surface area contributed by atoms with Crippen molar-refractivity contribution in [2.75, 3.05) is 5.32 Å². The Morgan fingerprint density at radius 1 is 1.12 bits per heavy atom. The first-order chi connectivity index (χ1) is 11.5. The number of anilines is 1. The van der Waals surface area contributed by atoms with Crippen molar-refractivity contribution in [1.29, 1.82) is 0 Å². The molecule has 0 saturated carbocycles. The van der Waals surface area contributed by atoms with Crippen molar-refractivity contribution < 1.29 is 9.18 Å². The van der Waals surface area contributed by atoms with E-state index in [4.69, 9.17) is 0 Å².